The Morgan fingerprint density at radius 2 is 2.04 bits per heavy atom. The Labute approximate surface area is 167 Å². The molecule has 2 N–H and O–H groups in total. The largest absolute Gasteiger partial charge is 0.511 e. The van der Waals surface area contributed by atoms with Crippen LogP contribution in [0.2, 0.25) is 0 Å². The van der Waals surface area contributed by atoms with E-state index in [9.17, 15) is 19.8 Å². The number of aliphatic hydroxyl groups excluding tert-OH is 2. The van der Waals surface area contributed by atoms with Crippen LogP contribution in [0.3, 0.4) is 0 Å². The number of nitrogens with zero attached hydrogens (tertiary/aromatic N) is 1. The third-order valence-electron chi connectivity index (χ3n) is 7.41. The lowest BCUT2D eigenvalue weighted by atomic mass is 9.52. The predicted molar refractivity (Wildman–Crippen MR) is 108 cm³/mol. The van der Waals surface area contributed by atoms with E-state index in [4.69, 9.17) is 0 Å². The maximum Gasteiger partial charge on any atom is 0.261 e. The molecule has 3 rings (SSSR count). The molecule has 1 saturated carbocycles. The van der Waals surface area contributed by atoms with Crippen LogP contribution in [-0.4, -0.2) is 46.5 Å². The van der Waals surface area contributed by atoms with Crippen molar-refractivity contribution in [3.05, 3.63) is 35.1 Å². The molecule has 2 fully saturated rings. The van der Waals surface area contributed by atoms with Crippen LogP contribution >= 0.6 is 0 Å². The summed E-state index contributed by atoms with van der Waals surface area (Å²) >= 11 is 0. The molecule has 0 aromatic carbocycles. The van der Waals surface area contributed by atoms with Crippen LogP contribution in [0.25, 0.3) is 0 Å². The number of allylic oxidation sites excluding steroid dienone is 5. The number of hydrogen-bond donors (Lipinski definition) is 2. The fourth-order valence-electron chi connectivity index (χ4n) is 5.76. The summed E-state index contributed by atoms with van der Waals surface area (Å²) in [6, 6.07) is -0.908. The van der Waals surface area contributed by atoms with Gasteiger partial charge in [-0.25, -0.2) is 0 Å². The van der Waals surface area contributed by atoms with Gasteiger partial charge in [-0.05, 0) is 44.4 Å². The molecule has 3 aliphatic rings. The van der Waals surface area contributed by atoms with Crippen molar-refractivity contribution in [2.75, 3.05) is 13.7 Å². The summed E-state index contributed by atoms with van der Waals surface area (Å²) in [5.74, 6) is -0.0915. The summed E-state index contributed by atoms with van der Waals surface area (Å²) in [5.41, 5.74) is 0.315. The second-order valence-corrected chi connectivity index (χ2v) is 9.09. The Morgan fingerprint density at radius 1 is 1.36 bits per heavy atom. The standard InChI is InChI=1S/C23H33NO4/c1-6-7-16-14(3)11-15-9-8-13(2)10-17(15)23(16,4)21(27)19-20(26)18(12-25)24(5)22(19)28/h6-7,11,13,15-18,25,27H,8-10,12H2,1-5H3/b7-6+,21-19-/t13-,15+,16-,17+,18?,23-/m1/s1. The van der Waals surface area contributed by atoms with Gasteiger partial charge in [0.05, 0.1) is 6.61 Å². The van der Waals surface area contributed by atoms with Gasteiger partial charge in [-0.3, -0.25) is 9.59 Å². The molecule has 1 saturated heterocycles. The van der Waals surface area contributed by atoms with Gasteiger partial charge < -0.3 is 15.1 Å². The zero-order valence-electron chi connectivity index (χ0n) is 17.6. The highest BCUT2D eigenvalue weighted by Gasteiger charge is 2.55. The lowest BCUT2D eigenvalue weighted by molar-refractivity contribution is -0.126. The van der Waals surface area contributed by atoms with Crippen molar-refractivity contribution in [3.63, 3.8) is 0 Å². The third kappa shape index (κ3) is 2.95. The second kappa shape index (κ2) is 7.51. The Kier molecular flexibility index (Phi) is 5.59. The minimum Gasteiger partial charge on any atom is -0.511 e. The quantitative estimate of drug-likeness (QED) is 0.337. The number of fused-ring (bicyclic) bond motifs is 1. The fourth-order valence-corrected chi connectivity index (χ4v) is 5.76. The minimum absolute atomic E-state index is 0.0735. The molecule has 1 unspecified atom stereocenters. The lowest BCUT2D eigenvalue weighted by Crippen LogP contribution is -2.47. The SMILES string of the molecule is C/C=C/[C@@H]1C(C)=C[C@@H]2CC[C@@H](C)C[C@@H]2[C@]1(C)/C(O)=C1\C(=O)C(CO)N(C)C1=O. The monoisotopic (exact) mass is 387 g/mol. The van der Waals surface area contributed by atoms with Gasteiger partial charge in [-0.15, -0.1) is 0 Å². The lowest BCUT2D eigenvalue weighted by Gasteiger charge is -2.52. The second-order valence-electron chi connectivity index (χ2n) is 9.09. The van der Waals surface area contributed by atoms with Crippen molar-refractivity contribution in [1.29, 1.82) is 0 Å². The molecule has 5 heteroatoms. The maximum absolute atomic E-state index is 12.9. The molecule has 154 valence electrons. The Morgan fingerprint density at radius 3 is 2.61 bits per heavy atom. The van der Waals surface area contributed by atoms with E-state index in [2.05, 4.69) is 26.0 Å². The van der Waals surface area contributed by atoms with Crippen molar-refractivity contribution in [2.45, 2.75) is 53.0 Å². The molecule has 28 heavy (non-hydrogen) atoms. The number of aliphatic hydroxyl groups is 2. The number of ketones is 1. The van der Waals surface area contributed by atoms with Gasteiger partial charge in [0.15, 0.2) is 5.78 Å². The molecule has 1 heterocycles. The summed E-state index contributed by atoms with van der Waals surface area (Å²) in [5, 5.41) is 21.1. The molecule has 0 aromatic heterocycles. The van der Waals surface area contributed by atoms with Crippen LogP contribution in [0.1, 0.15) is 47.0 Å². The van der Waals surface area contributed by atoms with Crippen LogP contribution in [-0.2, 0) is 9.59 Å². The molecule has 0 radical (unpaired) electrons. The van der Waals surface area contributed by atoms with Crippen molar-refractivity contribution in [3.8, 4) is 0 Å². The highest BCUT2D eigenvalue weighted by atomic mass is 16.3. The van der Waals surface area contributed by atoms with E-state index in [0.717, 1.165) is 19.3 Å². The van der Waals surface area contributed by atoms with E-state index in [1.54, 1.807) is 0 Å². The number of amides is 1. The smallest absolute Gasteiger partial charge is 0.261 e. The molecule has 6 atom stereocenters. The number of likely N-dealkylation sites (N-methyl/N-ethyl adjacent to an activating group) is 1. The van der Waals surface area contributed by atoms with E-state index >= 15 is 0 Å². The summed E-state index contributed by atoms with van der Waals surface area (Å²) in [7, 11) is 1.50. The van der Waals surface area contributed by atoms with Gasteiger partial charge in [0, 0.05) is 18.4 Å². The van der Waals surface area contributed by atoms with Gasteiger partial charge in [0.1, 0.15) is 17.4 Å². The molecular weight excluding hydrogens is 354 g/mol. The number of rotatable bonds is 3. The molecule has 0 spiro atoms. The zero-order chi connectivity index (χ0) is 20.8. The maximum atomic E-state index is 12.9. The number of Topliss-reactive ketones (excluding diaryl/α,β-unsaturated/α-hetero) is 1. The van der Waals surface area contributed by atoms with Crippen LogP contribution in [0.4, 0.5) is 0 Å². The van der Waals surface area contributed by atoms with Gasteiger partial charge in [0.2, 0.25) is 0 Å². The zero-order valence-corrected chi connectivity index (χ0v) is 17.6. The fraction of sp³-hybridized carbons (Fsp3) is 0.652. The molecular formula is C23H33NO4. The summed E-state index contributed by atoms with van der Waals surface area (Å²) < 4.78 is 0. The average Bonchev–Trinajstić information content (AvgIpc) is 2.87. The van der Waals surface area contributed by atoms with Crippen molar-refractivity contribution in [1.82, 2.24) is 4.90 Å². The molecule has 1 aliphatic heterocycles. The molecule has 1 amide bonds. The molecule has 5 nitrogen and oxygen atoms in total. The van der Waals surface area contributed by atoms with Crippen LogP contribution < -0.4 is 0 Å². The Hall–Kier alpha value is -1.88. The summed E-state index contributed by atoms with van der Waals surface area (Å²) in [6.45, 7) is 7.84. The first-order valence-corrected chi connectivity index (χ1v) is 10.3. The number of likely N-dealkylation sites (tertiary alicyclic amines) is 1. The molecule has 2 aliphatic carbocycles. The van der Waals surface area contributed by atoms with E-state index in [1.165, 1.54) is 17.5 Å². The van der Waals surface area contributed by atoms with Crippen molar-refractivity contribution < 1.29 is 19.8 Å². The topological polar surface area (TPSA) is 77.8 Å². The van der Waals surface area contributed by atoms with Crippen molar-refractivity contribution >= 4 is 11.7 Å². The first-order valence-electron chi connectivity index (χ1n) is 10.3. The first-order chi connectivity index (χ1) is 13.2. The third-order valence-corrected chi connectivity index (χ3v) is 7.41. The first kappa shape index (κ1) is 20.8. The highest BCUT2D eigenvalue weighted by molar-refractivity contribution is 6.26. The van der Waals surface area contributed by atoms with Gasteiger partial charge in [0.25, 0.3) is 5.91 Å². The number of carbonyl (C=O) groups excluding carboxylic acids is 2. The number of hydrogen-bond acceptors (Lipinski definition) is 4. The van der Waals surface area contributed by atoms with Crippen molar-refractivity contribution in [2.24, 2.45) is 29.1 Å². The highest BCUT2D eigenvalue weighted by Crippen LogP contribution is 2.58. The van der Waals surface area contributed by atoms with Crippen LogP contribution in [0, 0.1) is 29.1 Å². The van der Waals surface area contributed by atoms with Gasteiger partial charge in [-0.2, -0.15) is 0 Å². The Bertz CT molecular complexity index is 765. The van der Waals surface area contributed by atoms with Crippen LogP contribution in [0.5, 0.6) is 0 Å². The van der Waals surface area contributed by atoms with Gasteiger partial charge in [-0.1, -0.05) is 44.1 Å². The number of carbonyl (C=O) groups is 2. The average molecular weight is 388 g/mol. The minimum atomic E-state index is -0.908. The molecule has 0 bridgehead atoms. The predicted octanol–water partition coefficient (Wildman–Crippen LogP) is 3.41. The van der Waals surface area contributed by atoms with E-state index in [1.807, 2.05) is 19.9 Å². The van der Waals surface area contributed by atoms with Crippen LogP contribution in [0.15, 0.2) is 35.1 Å². The van der Waals surface area contributed by atoms with E-state index < -0.39 is 29.8 Å². The van der Waals surface area contributed by atoms with E-state index in [0.29, 0.717) is 11.8 Å². The summed E-state index contributed by atoms with van der Waals surface area (Å²) in [6.07, 6.45) is 9.56. The molecule has 0 aromatic rings. The Balaban J connectivity index is 2.20. The summed E-state index contributed by atoms with van der Waals surface area (Å²) in [4.78, 5) is 27.0. The normalized spacial score (nSPS) is 40.7. The van der Waals surface area contributed by atoms with E-state index in [-0.39, 0.29) is 23.2 Å². The van der Waals surface area contributed by atoms with Gasteiger partial charge >= 0.3 is 0 Å².